The number of alkyl halides is 1. The summed E-state index contributed by atoms with van der Waals surface area (Å²) in [7, 11) is 0. The van der Waals surface area contributed by atoms with Gasteiger partial charge in [-0.3, -0.25) is 0 Å². The molecule has 3 heterocycles. The molecular weight excluding hydrogens is 334 g/mol. The van der Waals surface area contributed by atoms with Crippen molar-refractivity contribution in [2.24, 2.45) is 5.73 Å². The number of aryl methyl sites for hydroxylation is 1. The summed E-state index contributed by atoms with van der Waals surface area (Å²) in [5, 5.41) is 1.07. The van der Waals surface area contributed by atoms with Gasteiger partial charge in [-0.25, -0.2) is 4.98 Å². The fourth-order valence-corrected chi connectivity index (χ4v) is 3.87. The summed E-state index contributed by atoms with van der Waals surface area (Å²) < 4.78 is 5.67. The van der Waals surface area contributed by atoms with Crippen molar-refractivity contribution >= 4 is 22.6 Å². The third-order valence-electron chi connectivity index (χ3n) is 4.97. The SMILES string of the molecule is Cc1c[nH]c2ncc(-c3cc4c(c(C(Cl)CCN)c3)COCC4)cc12. The largest absolute Gasteiger partial charge is 0.376 e. The van der Waals surface area contributed by atoms with Gasteiger partial charge in [-0.05, 0) is 66.3 Å². The van der Waals surface area contributed by atoms with Crippen LogP contribution in [0.3, 0.4) is 0 Å². The lowest BCUT2D eigenvalue weighted by Gasteiger charge is -2.24. The van der Waals surface area contributed by atoms with E-state index in [-0.39, 0.29) is 5.38 Å². The topological polar surface area (TPSA) is 63.9 Å². The van der Waals surface area contributed by atoms with Gasteiger partial charge in [0.1, 0.15) is 5.65 Å². The number of aromatic amines is 1. The maximum atomic E-state index is 6.65. The first-order chi connectivity index (χ1) is 12.2. The summed E-state index contributed by atoms with van der Waals surface area (Å²) >= 11 is 6.65. The first kappa shape index (κ1) is 16.6. The number of hydrogen-bond acceptors (Lipinski definition) is 3. The maximum absolute atomic E-state index is 6.65. The Hall–Kier alpha value is -1.88. The van der Waals surface area contributed by atoms with Crippen LogP contribution >= 0.6 is 11.6 Å². The van der Waals surface area contributed by atoms with E-state index in [1.165, 1.54) is 16.7 Å². The van der Waals surface area contributed by atoms with Crippen molar-refractivity contribution in [3.63, 3.8) is 0 Å². The van der Waals surface area contributed by atoms with Crippen molar-refractivity contribution in [3.05, 3.63) is 52.8 Å². The van der Waals surface area contributed by atoms with Crippen LogP contribution < -0.4 is 5.73 Å². The molecule has 0 fully saturated rings. The number of rotatable bonds is 4. The van der Waals surface area contributed by atoms with E-state index in [2.05, 4.69) is 35.1 Å². The van der Waals surface area contributed by atoms with Crippen LogP contribution in [0.25, 0.3) is 22.2 Å². The van der Waals surface area contributed by atoms with Crippen molar-refractivity contribution in [3.8, 4) is 11.1 Å². The molecule has 0 radical (unpaired) electrons. The van der Waals surface area contributed by atoms with Gasteiger partial charge in [0.05, 0.1) is 18.6 Å². The molecule has 4 nitrogen and oxygen atoms in total. The smallest absolute Gasteiger partial charge is 0.137 e. The summed E-state index contributed by atoms with van der Waals surface area (Å²) in [4.78, 5) is 7.77. The van der Waals surface area contributed by atoms with Crippen LogP contribution in [0.15, 0.2) is 30.6 Å². The summed E-state index contributed by atoms with van der Waals surface area (Å²) in [6.45, 7) is 4.06. The highest BCUT2D eigenvalue weighted by molar-refractivity contribution is 6.21. The van der Waals surface area contributed by atoms with E-state index >= 15 is 0 Å². The van der Waals surface area contributed by atoms with E-state index in [4.69, 9.17) is 22.1 Å². The van der Waals surface area contributed by atoms with Crippen LogP contribution in [0, 0.1) is 6.92 Å². The van der Waals surface area contributed by atoms with Gasteiger partial charge in [-0.1, -0.05) is 6.07 Å². The number of nitrogens with two attached hydrogens (primary N) is 1. The van der Waals surface area contributed by atoms with Crippen molar-refractivity contribution < 1.29 is 4.74 Å². The molecule has 0 bridgehead atoms. The molecular formula is C20H22ClN3O. The minimum Gasteiger partial charge on any atom is -0.376 e. The van der Waals surface area contributed by atoms with Gasteiger partial charge in [-0.15, -0.1) is 11.6 Å². The normalized spacial score (nSPS) is 15.3. The van der Waals surface area contributed by atoms with Crippen molar-refractivity contribution in [1.29, 1.82) is 0 Å². The number of nitrogens with zero attached hydrogens (tertiary/aromatic N) is 1. The molecule has 0 aliphatic carbocycles. The maximum Gasteiger partial charge on any atom is 0.137 e. The lowest BCUT2D eigenvalue weighted by molar-refractivity contribution is 0.110. The molecule has 3 aromatic rings. The number of nitrogens with one attached hydrogen (secondary N) is 1. The highest BCUT2D eigenvalue weighted by Gasteiger charge is 2.20. The van der Waals surface area contributed by atoms with E-state index in [0.29, 0.717) is 13.2 Å². The van der Waals surface area contributed by atoms with Gasteiger partial charge >= 0.3 is 0 Å². The number of halogens is 1. The third-order valence-corrected chi connectivity index (χ3v) is 5.42. The Morgan fingerprint density at radius 1 is 1.32 bits per heavy atom. The Morgan fingerprint density at radius 3 is 3.04 bits per heavy atom. The molecule has 130 valence electrons. The standard InChI is InChI=1S/C20H22ClN3O/c1-12-9-23-20-16(12)8-15(10-24-20)14-6-13-3-5-25-11-18(13)17(7-14)19(21)2-4-22/h6-10,19H,2-5,11,22H2,1H3,(H,23,24). The Labute approximate surface area is 152 Å². The summed E-state index contributed by atoms with van der Waals surface area (Å²) in [6, 6.07) is 6.65. The third kappa shape index (κ3) is 3.06. The van der Waals surface area contributed by atoms with Crippen molar-refractivity contribution in [2.45, 2.75) is 31.7 Å². The molecule has 2 aromatic heterocycles. The van der Waals surface area contributed by atoms with Gasteiger partial charge in [0.15, 0.2) is 0 Å². The van der Waals surface area contributed by atoms with Crippen LogP contribution in [0.2, 0.25) is 0 Å². The zero-order valence-corrected chi connectivity index (χ0v) is 15.1. The molecule has 1 aromatic carbocycles. The molecule has 4 rings (SSSR count). The van der Waals surface area contributed by atoms with E-state index in [0.717, 1.165) is 47.2 Å². The second-order valence-electron chi connectivity index (χ2n) is 6.64. The molecule has 0 saturated heterocycles. The zero-order valence-electron chi connectivity index (χ0n) is 14.3. The summed E-state index contributed by atoms with van der Waals surface area (Å²) in [5.74, 6) is 0. The van der Waals surface area contributed by atoms with Gasteiger partial charge < -0.3 is 15.5 Å². The average molecular weight is 356 g/mol. The predicted octanol–water partition coefficient (Wildman–Crippen LogP) is 4.24. The van der Waals surface area contributed by atoms with Crippen LogP contribution in [0.4, 0.5) is 0 Å². The second-order valence-corrected chi connectivity index (χ2v) is 7.17. The number of ether oxygens (including phenoxy) is 1. The van der Waals surface area contributed by atoms with Crippen LogP contribution in [-0.4, -0.2) is 23.1 Å². The average Bonchev–Trinajstić information content (AvgIpc) is 3.01. The zero-order chi connectivity index (χ0) is 17.4. The number of hydrogen-bond donors (Lipinski definition) is 2. The Kier molecular flexibility index (Phi) is 4.50. The Balaban J connectivity index is 1.85. The minimum absolute atomic E-state index is 0.0916. The lowest BCUT2D eigenvalue weighted by atomic mass is 9.90. The Bertz CT molecular complexity index is 919. The lowest BCUT2D eigenvalue weighted by Crippen LogP contribution is -2.14. The Morgan fingerprint density at radius 2 is 2.20 bits per heavy atom. The molecule has 1 unspecified atom stereocenters. The van der Waals surface area contributed by atoms with Crippen LogP contribution in [-0.2, 0) is 17.8 Å². The number of aromatic nitrogens is 2. The second kappa shape index (κ2) is 6.79. The number of pyridine rings is 1. The molecule has 5 heteroatoms. The van der Waals surface area contributed by atoms with Gasteiger partial charge in [0.2, 0.25) is 0 Å². The van der Waals surface area contributed by atoms with Gasteiger partial charge in [0.25, 0.3) is 0 Å². The number of fused-ring (bicyclic) bond motifs is 2. The van der Waals surface area contributed by atoms with Crippen LogP contribution in [0.5, 0.6) is 0 Å². The van der Waals surface area contributed by atoms with Gasteiger partial charge in [0, 0.05) is 23.3 Å². The highest BCUT2D eigenvalue weighted by Crippen LogP contribution is 2.36. The molecule has 1 aliphatic rings. The summed E-state index contributed by atoms with van der Waals surface area (Å²) in [6.07, 6.45) is 5.59. The quantitative estimate of drug-likeness (QED) is 0.688. The number of H-pyrrole nitrogens is 1. The van der Waals surface area contributed by atoms with Crippen molar-refractivity contribution in [2.75, 3.05) is 13.2 Å². The fourth-order valence-electron chi connectivity index (χ4n) is 3.55. The molecule has 3 N–H and O–H groups in total. The summed E-state index contributed by atoms with van der Waals surface area (Å²) in [5.41, 5.74) is 13.8. The molecule has 0 amide bonds. The monoisotopic (exact) mass is 355 g/mol. The molecule has 0 saturated carbocycles. The molecule has 0 spiro atoms. The molecule has 1 aliphatic heterocycles. The minimum atomic E-state index is -0.0916. The molecule has 1 atom stereocenters. The highest BCUT2D eigenvalue weighted by atomic mass is 35.5. The van der Waals surface area contributed by atoms with E-state index in [1.54, 1.807) is 0 Å². The molecule has 25 heavy (non-hydrogen) atoms. The van der Waals surface area contributed by atoms with E-state index in [1.807, 2.05) is 12.4 Å². The van der Waals surface area contributed by atoms with Crippen molar-refractivity contribution in [1.82, 2.24) is 9.97 Å². The number of benzene rings is 1. The fraction of sp³-hybridized carbons (Fsp3) is 0.350. The van der Waals surface area contributed by atoms with E-state index in [9.17, 15) is 0 Å². The predicted molar refractivity (Wildman–Crippen MR) is 102 cm³/mol. The van der Waals surface area contributed by atoms with Gasteiger partial charge in [-0.2, -0.15) is 0 Å². The first-order valence-electron chi connectivity index (χ1n) is 8.69. The van der Waals surface area contributed by atoms with Crippen LogP contribution in [0.1, 0.15) is 34.1 Å². The van der Waals surface area contributed by atoms with E-state index < -0.39 is 0 Å². The first-order valence-corrected chi connectivity index (χ1v) is 9.12.